The van der Waals surface area contributed by atoms with Crippen molar-refractivity contribution in [3.05, 3.63) is 52.1 Å². The molecule has 3 rings (SSSR count). The number of thioether (sulfide) groups is 1. The third kappa shape index (κ3) is 2.57. The number of carbonyl (C=O) groups is 1. The number of hydrogen-bond donors (Lipinski definition) is 1. The van der Waals surface area contributed by atoms with Crippen LogP contribution in [0.3, 0.4) is 0 Å². The summed E-state index contributed by atoms with van der Waals surface area (Å²) in [7, 11) is 0. The molecule has 0 atom stereocenters. The average Bonchev–Trinajstić information content (AvgIpc) is 3.03. The highest BCUT2D eigenvalue weighted by molar-refractivity contribution is 7.98. The van der Waals surface area contributed by atoms with Crippen LogP contribution in [0, 0.1) is 0 Å². The Labute approximate surface area is 128 Å². The van der Waals surface area contributed by atoms with E-state index in [1.165, 1.54) is 17.8 Å². The van der Waals surface area contributed by atoms with Gasteiger partial charge >= 0.3 is 5.97 Å². The Morgan fingerprint density at radius 3 is 2.80 bits per heavy atom. The van der Waals surface area contributed by atoms with Crippen molar-refractivity contribution in [2.24, 2.45) is 0 Å². The Kier molecular flexibility index (Phi) is 3.74. The highest BCUT2D eigenvalue weighted by Crippen LogP contribution is 2.38. The molecule has 0 fully saturated rings. The predicted molar refractivity (Wildman–Crippen MR) is 82.1 cm³/mol. The minimum Gasteiger partial charge on any atom is -0.475 e. The number of fused-ring (bicyclic) bond motifs is 1. The highest BCUT2D eigenvalue weighted by atomic mass is 35.5. The zero-order valence-electron chi connectivity index (χ0n) is 10.1. The molecule has 0 aliphatic heterocycles. The van der Waals surface area contributed by atoms with Crippen molar-refractivity contribution in [1.82, 2.24) is 0 Å². The minimum absolute atomic E-state index is 0.0464. The van der Waals surface area contributed by atoms with E-state index in [0.717, 1.165) is 20.0 Å². The van der Waals surface area contributed by atoms with Gasteiger partial charge in [0.25, 0.3) is 0 Å². The van der Waals surface area contributed by atoms with Gasteiger partial charge in [0.1, 0.15) is 0 Å². The van der Waals surface area contributed by atoms with Crippen molar-refractivity contribution in [2.75, 3.05) is 0 Å². The molecule has 1 aromatic carbocycles. The van der Waals surface area contributed by atoms with Crippen molar-refractivity contribution in [1.29, 1.82) is 0 Å². The van der Waals surface area contributed by atoms with Crippen molar-refractivity contribution >= 4 is 50.8 Å². The lowest BCUT2D eigenvalue weighted by atomic mass is 10.2. The van der Waals surface area contributed by atoms with E-state index in [9.17, 15) is 4.79 Å². The molecule has 0 bridgehead atoms. The van der Waals surface area contributed by atoms with Crippen molar-refractivity contribution in [2.45, 2.75) is 10.8 Å². The lowest BCUT2D eigenvalue weighted by Crippen LogP contribution is -1.91. The summed E-state index contributed by atoms with van der Waals surface area (Å²) in [6, 6.07) is 11.1. The van der Waals surface area contributed by atoms with Crippen LogP contribution in [0.1, 0.15) is 15.4 Å². The monoisotopic (exact) mass is 324 g/mol. The molecule has 0 saturated carbocycles. The van der Waals surface area contributed by atoms with Gasteiger partial charge in [0, 0.05) is 20.7 Å². The molecule has 0 amide bonds. The number of carboxylic acids is 1. The largest absolute Gasteiger partial charge is 0.475 e. The van der Waals surface area contributed by atoms with Gasteiger partial charge in [-0.15, -0.1) is 11.3 Å². The van der Waals surface area contributed by atoms with Gasteiger partial charge in [-0.2, -0.15) is 0 Å². The summed E-state index contributed by atoms with van der Waals surface area (Å²) >= 11 is 9.43. The molecular formula is C14H9ClO3S2. The maximum atomic E-state index is 10.7. The van der Waals surface area contributed by atoms with Crippen LogP contribution >= 0.6 is 34.7 Å². The standard InChI is InChI=1S/C14H9ClO3S2/c15-13-8-3-1-2-4-10(8)20-11(13)7-19-12-6-5-9(18-12)14(16)17/h1-6H,7H2,(H,16,17). The molecule has 20 heavy (non-hydrogen) atoms. The maximum Gasteiger partial charge on any atom is 0.371 e. The molecule has 0 unspecified atom stereocenters. The van der Waals surface area contributed by atoms with Crippen LogP contribution in [0.25, 0.3) is 10.1 Å². The number of carboxylic acid groups (broad SMARTS) is 1. The number of halogens is 1. The number of furan rings is 1. The summed E-state index contributed by atoms with van der Waals surface area (Å²) < 4.78 is 6.36. The molecule has 0 aliphatic carbocycles. The second-order valence-corrected chi connectivity index (χ2v) is 6.54. The van der Waals surface area contributed by atoms with E-state index in [1.807, 2.05) is 24.3 Å². The van der Waals surface area contributed by atoms with Crippen LogP contribution in [-0.2, 0) is 5.75 Å². The lowest BCUT2D eigenvalue weighted by molar-refractivity contribution is 0.0656. The van der Waals surface area contributed by atoms with Gasteiger partial charge in [-0.05, 0) is 18.2 Å². The second kappa shape index (κ2) is 5.52. The van der Waals surface area contributed by atoms with Crippen LogP contribution in [-0.4, -0.2) is 11.1 Å². The summed E-state index contributed by atoms with van der Waals surface area (Å²) in [6.45, 7) is 0. The van der Waals surface area contributed by atoms with Crippen molar-refractivity contribution in [3.8, 4) is 0 Å². The summed E-state index contributed by atoms with van der Waals surface area (Å²) in [5.74, 6) is -0.447. The zero-order chi connectivity index (χ0) is 14.1. The third-order valence-electron chi connectivity index (χ3n) is 2.74. The quantitative estimate of drug-likeness (QED) is 0.675. The van der Waals surface area contributed by atoms with Gasteiger partial charge in [0.05, 0.1) is 5.02 Å². The fourth-order valence-corrected chi connectivity index (χ4v) is 4.32. The zero-order valence-corrected chi connectivity index (χ0v) is 12.5. The van der Waals surface area contributed by atoms with Gasteiger partial charge in [-0.3, -0.25) is 0 Å². The molecule has 0 radical (unpaired) electrons. The number of aromatic carboxylic acids is 1. The third-order valence-corrected chi connectivity index (χ3v) is 5.57. The van der Waals surface area contributed by atoms with E-state index < -0.39 is 5.97 Å². The van der Waals surface area contributed by atoms with Gasteiger partial charge in [0.2, 0.25) is 5.76 Å². The molecule has 1 N–H and O–H groups in total. The molecule has 102 valence electrons. The van der Waals surface area contributed by atoms with Crippen LogP contribution in [0.5, 0.6) is 0 Å². The van der Waals surface area contributed by atoms with Gasteiger partial charge in [-0.25, -0.2) is 4.79 Å². The first kappa shape index (κ1) is 13.5. The smallest absolute Gasteiger partial charge is 0.371 e. The van der Waals surface area contributed by atoms with E-state index in [-0.39, 0.29) is 5.76 Å². The van der Waals surface area contributed by atoms with E-state index in [1.54, 1.807) is 17.4 Å². The summed E-state index contributed by atoms with van der Waals surface area (Å²) in [4.78, 5) is 11.8. The van der Waals surface area contributed by atoms with Crippen molar-refractivity contribution in [3.63, 3.8) is 0 Å². The topological polar surface area (TPSA) is 50.4 Å². The number of thiophene rings is 1. The van der Waals surface area contributed by atoms with Crippen LogP contribution in [0.15, 0.2) is 45.9 Å². The Morgan fingerprint density at radius 2 is 2.10 bits per heavy atom. The molecule has 0 spiro atoms. The first-order chi connectivity index (χ1) is 9.65. The normalized spacial score (nSPS) is 11.1. The Balaban J connectivity index is 1.79. The molecule has 2 heterocycles. The minimum atomic E-state index is -1.06. The van der Waals surface area contributed by atoms with Crippen LogP contribution in [0.2, 0.25) is 5.02 Å². The first-order valence-electron chi connectivity index (χ1n) is 5.77. The van der Waals surface area contributed by atoms with Gasteiger partial charge < -0.3 is 9.52 Å². The molecule has 3 aromatic rings. The van der Waals surface area contributed by atoms with Crippen LogP contribution in [0.4, 0.5) is 0 Å². The summed E-state index contributed by atoms with van der Waals surface area (Å²) in [6.07, 6.45) is 0. The average molecular weight is 325 g/mol. The summed E-state index contributed by atoms with van der Waals surface area (Å²) in [5, 5.41) is 11.2. The predicted octanol–water partition coefficient (Wildman–Crippen LogP) is 5.14. The van der Waals surface area contributed by atoms with E-state index in [2.05, 4.69) is 0 Å². The second-order valence-electron chi connectivity index (χ2n) is 4.05. The molecule has 6 heteroatoms. The number of benzene rings is 1. The van der Waals surface area contributed by atoms with Gasteiger partial charge in [-0.1, -0.05) is 41.6 Å². The SMILES string of the molecule is O=C(O)c1ccc(SCc2sc3ccccc3c2Cl)o1. The Bertz CT molecular complexity index is 776. The first-order valence-corrected chi connectivity index (χ1v) is 7.95. The fourth-order valence-electron chi connectivity index (χ4n) is 1.81. The van der Waals surface area contributed by atoms with E-state index in [0.29, 0.717) is 10.8 Å². The highest BCUT2D eigenvalue weighted by Gasteiger charge is 2.13. The number of hydrogen-bond acceptors (Lipinski definition) is 4. The van der Waals surface area contributed by atoms with Crippen LogP contribution < -0.4 is 0 Å². The molecular weight excluding hydrogens is 316 g/mol. The van der Waals surface area contributed by atoms with Crippen molar-refractivity contribution < 1.29 is 14.3 Å². The molecule has 3 nitrogen and oxygen atoms in total. The Morgan fingerprint density at radius 1 is 1.30 bits per heavy atom. The van der Waals surface area contributed by atoms with Gasteiger partial charge in [0.15, 0.2) is 5.09 Å². The number of rotatable bonds is 4. The molecule has 2 aromatic heterocycles. The van der Waals surface area contributed by atoms with E-state index in [4.69, 9.17) is 21.1 Å². The maximum absolute atomic E-state index is 10.7. The molecule has 0 saturated heterocycles. The van der Waals surface area contributed by atoms with E-state index >= 15 is 0 Å². The lowest BCUT2D eigenvalue weighted by Gasteiger charge is -1.96. The Hall–Kier alpha value is -1.43. The fraction of sp³-hybridized carbons (Fsp3) is 0.0714. The molecule has 0 aliphatic rings. The summed E-state index contributed by atoms with van der Waals surface area (Å²) in [5.41, 5.74) is 0.